The average Bonchev–Trinajstić information content (AvgIpc) is 2.33. The first-order valence-corrected chi connectivity index (χ1v) is 6.35. The van der Waals surface area contributed by atoms with E-state index in [4.69, 9.17) is 4.74 Å². The molecule has 0 saturated carbocycles. The van der Waals surface area contributed by atoms with Crippen LogP contribution in [0.15, 0.2) is 39.7 Å². The third kappa shape index (κ3) is 2.61. The lowest BCUT2D eigenvalue weighted by Crippen LogP contribution is -2.16. The number of carbonyl (C=O) groups is 1. The Morgan fingerprint density at radius 2 is 2.17 bits per heavy atom. The lowest BCUT2D eigenvalue weighted by molar-refractivity contribution is -0.143. The molecular formula is C13H12BrNO3. The van der Waals surface area contributed by atoms with E-state index in [1.807, 2.05) is 6.07 Å². The van der Waals surface area contributed by atoms with Gasteiger partial charge in [-0.3, -0.25) is 9.59 Å². The minimum absolute atomic E-state index is 0.0578. The third-order valence-corrected chi connectivity index (χ3v) is 3.04. The SMILES string of the molecule is CCOC(=O)Cn1ccc(=O)c2ccc(Br)cc21. The zero-order chi connectivity index (χ0) is 13.1. The summed E-state index contributed by atoms with van der Waals surface area (Å²) in [6.45, 7) is 2.21. The standard InChI is InChI=1S/C13H12BrNO3/c1-2-18-13(17)8-15-6-5-12(16)10-4-3-9(14)7-11(10)15/h3-7H,2,8H2,1H3. The third-order valence-electron chi connectivity index (χ3n) is 2.55. The molecule has 0 bridgehead atoms. The molecule has 1 aromatic carbocycles. The molecule has 0 aliphatic rings. The minimum atomic E-state index is -0.317. The van der Waals surface area contributed by atoms with Gasteiger partial charge in [-0.25, -0.2) is 0 Å². The molecule has 0 spiro atoms. The molecule has 94 valence electrons. The van der Waals surface area contributed by atoms with Crippen molar-refractivity contribution >= 4 is 32.8 Å². The summed E-state index contributed by atoms with van der Waals surface area (Å²) in [5, 5.41) is 0.588. The molecular weight excluding hydrogens is 298 g/mol. The number of halogens is 1. The van der Waals surface area contributed by atoms with E-state index in [0.717, 1.165) is 4.47 Å². The summed E-state index contributed by atoms with van der Waals surface area (Å²) in [6, 6.07) is 6.81. The fourth-order valence-corrected chi connectivity index (χ4v) is 2.11. The highest BCUT2D eigenvalue weighted by Crippen LogP contribution is 2.17. The number of aromatic nitrogens is 1. The number of benzene rings is 1. The van der Waals surface area contributed by atoms with Gasteiger partial charge in [0.25, 0.3) is 0 Å². The zero-order valence-corrected chi connectivity index (χ0v) is 11.4. The maximum Gasteiger partial charge on any atom is 0.325 e. The van der Waals surface area contributed by atoms with Gasteiger partial charge >= 0.3 is 5.97 Å². The molecule has 1 aromatic heterocycles. The van der Waals surface area contributed by atoms with Gasteiger partial charge in [-0.1, -0.05) is 15.9 Å². The first kappa shape index (κ1) is 12.8. The van der Waals surface area contributed by atoms with E-state index in [9.17, 15) is 9.59 Å². The lowest BCUT2D eigenvalue weighted by atomic mass is 10.2. The van der Waals surface area contributed by atoms with Gasteiger partial charge in [-0.15, -0.1) is 0 Å². The highest BCUT2D eigenvalue weighted by atomic mass is 79.9. The predicted octanol–water partition coefficient (Wildman–Crippen LogP) is 2.33. The van der Waals surface area contributed by atoms with Crippen molar-refractivity contribution in [2.75, 3.05) is 6.61 Å². The minimum Gasteiger partial charge on any atom is -0.465 e. The molecule has 0 unspecified atom stereocenters. The number of nitrogens with zero attached hydrogens (tertiary/aromatic N) is 1. The molecule has 0 radical (unpaired) electrons. The first-order chi connectivity index (χ1) is 8.61. The number of esters is 1. The molecule has 5 heteroatoms. The number of hydrogen-bond donors (Lipinski definition) is 0. The van der Waals surface area contributed by atoms with Crippen LogP contribution in [0.5, 0.6) is 0 Å². The Bertz CT molecular complexity index is 648. The van der Waals surface area contributed by atoms with Crippen LogP contribution in [-0.2, 0) is 16.1 Å². The van der Waals surface area contributed by atoms with Crippen LogP contribution in [-0.4, -0.2) is 17.1 Å². The van der Waals surface area contributed by atoms with E-state index in [1.165, 1.54) is 6.07 Å². The molecule has 2 aromatic rings. The Labute approximate surface area is 112 Å². The van der Waals surface area contributed by atoms with Gasteiger partial charge in [0.2, 0.25) is 0 Å². The zero-order valence-electron chi connectivity index (χ0n) is 9.85. The topological polar surface area (TPSA) is 48.3 Å². The lowest BCUT2D eigenvalue weighted by Gasteiger charge is -2.10. The second kappa shape index (κ2) is 5.35. The Hall–Kier alpha value is -1.62. The summed E-state index contributed by atoms with van der Waals surface area (Å²) < 4.78 is 7.47. The fourth-order valence-electron chi connectivity index (χ4n) is 1.76. The summed E-state index contributed by atoms with van der Waals surface area (Å²) in [5.74, 6) is -0.317. The van der Waals surface area contributed by atoms with Gasteiger partial charge in [0.05, 0.1) is 12.1 Å². The predicted molar refractivity (Wildman–Crippen MR) is 72.5 cm³/mol. The van der Waals surface area contributed by atoms with Crippen molar-refractivity contribution in [2.24, 2.45) is 0 Å². The van der Waals surface area contributed by atoms with Gasteiger partial charge in [0.1, 0.15) is 6.54 Å². The van der Waals surface area contributed by atoms with Gasteiger partial charge in [-0.2, -0.15) is 0 Å². The molecule has 0 N–H and O–H groups in total. The first-order valence-electron chi connectivity index (χ1n) is 5.56. The second-order valence-corrected chi connectivity index (χ2v) is 4.69. The Kier molecular flexibility index (Phi) is 3.81. The highest BCUT2D eigenvalue weighted by molar-refractivity contribution is 9.10. The molecule has 0 saturated heterocycles. The summed E-state index contributed by atoms with van der Waals surface area (Å²) in [7, 11) is 0. The average molecular weight is 310 g/mol. The number of hydrogen-bond acceptors (Lipinski definition) is 3. The van der Waals surface area contributed by atoms with Crippen LogP contribution in [0.4, 0.5) is 0 Å². The molecule has 1 heterocycles. The summed E-state index contributed by atoms with van der Waals surface area (Å²) in [6.07, 6.45) is 1.61. The highest BCUT2D eigenvalue weighted by Gasteiger charge is 2.07. The molecule has 4 nitrogen and oxygen atoms in total. The van der Waals surface area contributed by atoms with Crippen LogP contribution in [0.25, 0.3) is 10.9 Å². The summed E-state index contributed by atoms with van der Waals surface area (Å²) in [4.78, 5) is 23.2. The van der Waals surface area contributed by atoms with E-state index < -0.39 is 0 Å². The number of fused-ring (bicyclic) bond motifs is 1. The molecule has 18 heavy (non-hydrogen) atoms. The number of pyridine rings is 1. The molecule has 2 rings (SSSR count). The number of carbonyl (C=O) groups excluding carboxylic acids is 1. The monoisotopic (exact) mass is 309 g/mol. The van der Waals surface area contributed by atoms with Crippen LogP contribution in [0.1, 0.15) is 6.92 Å². The Morgan fingerprint density at radius 3 is 2.89 bits per heavy atom. The van der Waals surface area contributed by atoms with Crippen LogP contribution in [0.3, 0.4) is 0 Å². The van der Waals surface area contributed by atoms with E-state index in [1.54, 1.807) is 29.8 Å². The smallest absolute Gasteiger partial charge is 0.325 e. The fraction of sp³-hybridized carbons (Fsp3) is 0.231. The quantitative estimate of drug-likeness (QED) is 0.818. The van der Waals surface area contributed by atoms with Crippen molar-refractivity contribution in [1.29, 1.82) is 0 Å². The van der Waals surface area contributed by atoms with Crippen LogP contribution in [0.2, 0.25) is 0 Å². The molecule has 0 fully saturated rings. The van der Waals surface area contributed by atoms with Gasteiger partial charge in [0.15, 0.2) is 5.43 Å². The summed E-state index contributed by atoms with van der Waals surface area (Å²) in [5.41, 5.74) is 0.655. The van der Waals surface area contributed by atoms with Crippen molar-refractivity contribution in [3.8, 4) is 0 Å². The normalized spacial score (nSPS) is 10.6. The number of rotatable bonds is 3. The van der Waals surface area contributed by atoms with E-state index in [2.05, 4.69) is 15.9 Å². The van der Waals surface area contributed by atoms with Crippen LogP contribution >= 0.6 is 15.9 Å². The Balaban J connectivity index is 2.51. The summed E-state index contributed by atoms with van der Waals surface area (Å²) >= 11 is 3.36. The molecule has 0 aliphatic carbocycles. The van der Waals surface area contributed by atoms with Gasteiger partial charge < -0.3 is 9.30 Å². The van der Waals surface area contributed by atoms with E-state index in [-0.39, 0.29) is 17.9 Å². The molecule has 0 amide bonds. The van der Waals surface area contributed by atoms with Crippen molar-refractivity contribution in [3.63, 3.8) is 0 Å². The van der Waals surface area contributed by atoms with Crippen molar-refractivity contribution in [2.45, 2.75) is 13.5 Å². The molecule has 0 aliphatic heterocycles. The maximum atomic E-state index is 11.7. The largest absolute Gasteiger partial charge is 0.465 e. The molecule has 0 atom stereocenters. The van der Waals surface area contributed by atoms with Gasteiger partial charge in [0, 0.05) is 22.1 Å². The second-order valence-electron chi connectivity index (χ2n) is 3.77. The Morgan fingerprint density at radius 1 is 1.39 bits per heavy atom. The van der Waals surface area contributed by atoms with Crippen molar-refractivity contribution in [3.05, 3.63) is 45.2 Å². The van der Waals surface area contributed by atoms with Crippen molar-refractivity contribution in [1.82, 2.24) is 4.57 Å². The van der Waals surface area contributed by atoms with Crippen molar-refractivity contribution < 1.29 is 9.53 Å². The maximum absolute atomic E-state index is 11.7. The van der Waals surface area contributed by atoms with E-state index in [0.29, 0.717) is 17.5 Å². The van der Waals surface area contributed by atoms with Gasteiger partial charge in [-0.05, 0) is 25.1 Å². The number of ether oxygens (including phenoxy) is 1. The van der Waals surface area contributed by atoms with Crippen LogP contribution in [0, 0.1) is 0 Å². The van der Waals surface area contributed by atoms with E-state index >= 15 is 0 Å². The van der Waals surface area contributed by atoms with Crippen LogP contribution < -0.4 is 5.43 Å².